The average Bonchev–Trinajstić information content (AvgIpc) is 3.02. The van der Waals surface area contributed by atoms with Gasteiger partial charge in [0.1, 0.15) is 5.75 Å². The summed E-state index contributed by atoms with van der Waals surface area (Å²) in [4.78, 5) is 18.1. The molecule has 0 radical (unpaired) electrons. The van der Waals surface area contributed by atoms with Gasteiger partial charge in [-0.15, -0.1) is 11.3 Å². The lowest BCUT2D eigenvalue weighted by molar-refractivity contribution is -0.113. The number of thioether (sulfide) groups is 1. The number of rotatable bonds is 2. The van der Waals surface area contributed by atoms with Gasteiger partial charge in [-0.2, -0.15) is 0 Å². The third-order valence-corrected chi connectivity index (χ3v) is 4.27. The zero-order valence-electron chi connectivity index (χ0n) is 10.1. The number of amidine groups is 1. The fraction of sp³-hybridized carbons (Fsp3) is 0. The Bertz CT molecular complexity index is 693. The van der Waals surface area contributed by atoms with Crippen LogP contribution in [0.1, 0.15) is 5.56 Å². The Morgan fingerprint density at radius 1 is 1.30 bits per heavy atom. The molecule has 0 bridgehead atoms. The first-order chi connectivity index (χ1) is 9.65. The number of hydrogen-bond donors (Lipinski definition) is 2. The van der Waals surface area contributed by atoms with Crippen molar-refractivity contribution in [2.75, 3.05) is 4.90 Å². The van der Waals surface area contributed by atoms with Crippen LogP contribution in [-0.4, -0.2) is 21.2 Å². The third kappa shape index (κ3) is 2.33. The standard InChI is InChI=1S/C13H9N3O2S2/c14-12-16(13-15-5-6-19-13)11(18)10(20-12)7-8-1-3-9(17)4-2-8/h1-7,14,17H. The molecule has 2 heterocycles. The molecule has 3 rings (SSSR count). The Balaban J connectivity index is 1.91. The lowest BCUT2D eigenvalue weighted by Crippen LogP contribution is -2.27. The number of carbonyl (C=O) groups is 1. The third-order valence-electron chi connectivity index (χ3n) is 2.63. The molecule has 0 spiro atoms. The van der Waals surface area contributed by atoms with Crippen LogP contribution in [0.2, 0.25) is 0 Å². The van der Waals surface area contributed by atoms with E-state index in [9.17, 15) is 9.90 Å². The Hall–Kier alpha value is -2.12. The summed E-state index contributed by atoms with van der Waals surface area (Å²) in [6.45, 7) is 0. The fourth-order valence-electron chi connectivity index (χ4n) is 1.71. The van der Waals surface area contributed by atoms with E-state index in [1.807, 2.05) is 0 Å². The molecule has 0 aliphatic carbocycles. The van der Waals surface area contributed by atoms with E-state index >= 15 is 0 Å². The Morgan fingerprint density at radius 2 is 2.05 bits per heavy atom. The van der Waals surface area contributed by atoms with Gasteiger partial charge in [0.05, 0.1) is 4.91 Å². The van der Waals surface area contributed by atoms with E-state index < -0.39 is 0 Å². The highest BCUT2D eigenvalue weighted by Gasteiger charge is 2.34. The number of phenols is 1. The van der Waals surface area contributed by atoms with Crippen LogP contribution in [0.3, 0.4) is 0 Å². The predicted molar refractivity (Wildman–Crippen MR) is 81.0 cm³/mol. The van der Waals surface area contributed by atoms with E-state index in [4.69, 9.17) is 5.41 Å². The van der Waals surface area contributed by atoms with Gasteiger partial charge < -0.3 is 5.11 Å². The van der Waals surface area contributed by atoms with Crippen molar-refractivity contribution in [3.8, 4) is 5.75 Å². The summed E-state index contributed by atoms with van der Waals surface area (Å²) in [6, 6.07) is 6.54. The molecule has 2 N–H and O–H groups in total. The van der Waals surface area contributed by atoms with Crippen molar-refractivity contribution in [3.63, 3.8) is 0 Å². The minimum absolute atomic E-state index is 0.148. The number of carbonyl (C=O) groups excluding carboxylic acids is 1. The number of hydrogen-bond acceptors (Lipinski definition) is 6. The van der Waals surface area contributed by atoms with Gasteiger partial charge in [-0.25, -0.2) is 9.88 Å². The minimum atomic E-state index is -0.247. The zero-order chi connectivity index (χ0) is 14.1. The number of nitrogens with zero attached hydrogens (tertiary/aromatic N) is 2. The van der Waals surface area contributed by atoms with E-state index in [-0.39, 0.29) is 16.8 Å². The molecule has 1 saturated heterocycles. The molecule has 5 nitrogen and oxygen atoms in total. The Labute approximate surface area is 123 Å². The fourth-order valence-corrected chi connectivity index (χ4v) is 3.25. The second-order valence-electron chi connectivity index (χ2n) is 3.96. The van der Waals surface area contributed by atoms with Crippen LogP contribution < -0.4 is 4.90 Å². The maximum absolute atomic E-state index is 12.3. The summed E-state index contributed by atoms with van der Waals surface area (Å²) in [5.41, 5.74) is 0.799. The number of aromatic nitrogens is 1. The van der Waals surface area contributed by atoms with Gasteiger partial charge in [-0.3, -0.25) is 10.2 Å². The van der Waals surface area contributed by atoms with Gasteiger partial charge in [0.15, 0.2) is 10.3 Å². The number of thiazole rings is 1. The molecule has 20 heavy (non-hydrogen) atoms. The van der Waals surface area contributed by atoms with Gasteiger partial charge in [0.25, 0.3) is 5.91 Å². The number of anilines is 1. The number of aromatic hydroxyl groups is 1. The first-order valence-corrected chi connectivity index (χ1v) is 7.36. The quantitative estimate of drug-likeness (QED) is 0.836. The van der Waals surface area contributed by atoms with Crippen molar-refractivity contribution < 1.29 is 9.90 Å². The maximum atomic E-state index is 12.3. The van der Waals surface area contributed by atoms with Crippen molar-refractivity contribution in [2.24, 2.45) is 0 Å². The van der Waals surface area contributed by atoms with Gasteiger partial charge in [-0.05, 0) is 35.5 Å². The van der Waals surface area contributed by atoms with Crippen LogP contribution >= 0.6 is 23.1 Å². The van der Waals surface area contributed by atoms with Gasteiger partial charge >= 0.3 is 0 Å². The smallest absolute Gasteiger partial charge is 0.273 e. The number of nitrogens with one attached hydrogen (secondary N) is 1. The first kappa shape index (κ1) is 12.9. The van der Waals surface area contributed by atoms with E-state index in [2.05, 4.69) is 4.98 Å². The highest BCUT2D eigenvalue weighted by atomic mass is 32.2. The van der Waals surface area contributed by atoms with Crippen molar-refractivity contribution >= 4 is 45.4 Å². The van der Waals surface area contributed by atoms with Crippen molar-refractivity contribution in [2.45, 2.75) is 0 Å². The Kier molecular flexibility index (Phi) is 3.29. The number of phenolic OH excluding ortho intramolecular Hbond substituents is 1. The summed E-state index contributed by atoms with van der Waals surface area (Å²) < 4.78 is 0. The first-order valence-electron chi connectivity index (χ1n) is 5.66. The van der Waals surface area contributed by atoms with Crippen molar-refractivity contribution in [3.05, 3.63) is 46.3 Å². The monoisotopic (exact) mass is 303 g/mol. The Morgan fingerprint density at radius 3 is 2.70 bits per heavy atom. The molecule has 1 amide bonds. The number of amides is 1. The van der Waals surface area contributed by atoms with Gasteiger partial charge in [-0.1, -0.05) is 12.1 Å². The maximum Gasteiger partial charge on any atom is 0.273 e. The summed E-state index contributed by atoms with van der Waals surface area (Å²) in [7, 11) is 0. The second-order valence-corrected chi connectivity index (χ2v) is 5.87. The lowest BCUT2D eigenvalue weighted by atomic mass is 10.2. The summed E-state index contributed by atoms with van der Waals surface area (Å²) >= 11 is 2.42. The normalized spacial score (nSPS) is 17.2. The molecule has 1 fully saturated rings. The average molecular weight is 303 g/mol. The van der Waals surface area contributed by atoms with E-state index in [0.29, 0.717) is 10.0 Å². The molecule has 1 aliphatic heterocycles. The highest BCUT2D eigenvalue weighted by molar-refractivity contribution is 8.19. The summed E-state index contributed by atoms with van der Waals surface area (Å²) in [5, 5.41) is 19.5. The van der Waals surface area contributed by atoms with Crippen LogP contribution in [0, 0.1) is 5.41 Å². The van der Waals surface area contributed by atoms with Crippen molar-refractivity contribution in [1.29, 1.82) is 5.41 Å². The highest BCUT2D eigenvalue weighted by Crippen LogP contribution is 2.35. The van der Waals surface area contributed by atoms with Gasteiger partial charge in [0, 0.05) is 11.6 Å². The molecule has 7 heteroatoms. The molecule has 1 aromatic carbocycles. The molecule has 0 atom stereocenters. The molecular formula is C13H9N3O2S2. The SMILES string of the molecule is N=C1SC(=Cc2ccc(O)cc2)C(=O)N1c1nccs1. The second kappa shape index (κ2) is 5.10. The minimum Gasteiger partial charge on any atom is -0.508 e. The van der Waals surface area contributed by atoms with Crippen LogP contribution in [0.5, 0.6) is 5.75 Å². The van der Waals surface area contributed by atoms with Crippen LogP contribution in [-0.2, 0) is 4.79 Å². The summed E-state index contributed by atoms with van der Waals surface area (Å²) in [5.74, 6) is -0.0715. The molecule has 0 saturated carbocycles. The largest absolute Gasteiger partial charge is 0.508 e. The van der Waals surface area contributed by atoms with E-state index in [1.165, 1.54) is 16.2 Å². The van der Waals surface area contributed by atoms with Crippen LogP contribution in [0.15, 0.2) is 40.7 Å². The molecule has 1 aliphatic rings. The molecule has 2 aromatic rings. The molecular weight excluding hydrogens is 294 g/mol. The topological polar surface area (TPSA) is 77.3 Å². The van der Waals surface area contributed by atoms with Gasteiger partial charge in [0.2, 0.25) is 0 Å². The molecule has 1 aromatic heterocycles. The predicted octanol–water partition coefficient (Wildman–Crippen LogP) is 2.90. The van der Waals surface area contributed by atoms with Crippen molar-refractivity contribution in [1.82, 2.24) is 4.98 Å². The summed E-state index contributed by atoms with van der Waals surface area (Å²) in [6.07, 6.45) is 3.31. The zero-order valence-corrected chi connectivity index (χ0v) is 11.7. The van der Waals surface area contributed by atoms with E-state index in [0.717, 1.165) is 17.3 Å². The van der Waals surface area contributed by atoms with Crippen LogP contribution in [0.4, 0.5) is 5.13 Å². The van der Waals surface area contributed by atoms with E-state index in [1.54, 1.807) is 41.9 Å². The van der Waals surface area contributed by atoms with Crippen LogP contribution in [0.25, 0.3) is 6.08 Å². The molecule has 100 valence electrons. The number of benzene rings is 1. The lowest BCUT2D eigenvalue weighted by Gasteiger charge is -2.08. The molecule has 0 unspecified atom stereocenters.